The van der Waals surface area contributed by atoms with E-state index >= 15 is 0 Å². The summed E-state index contributed by atoms with van der Waals surface area (Å²) in [6.45, 7) is 7.99. The lowest BCUT2D eigenvalue weighted by atomic mass is 9.93. The molecule has 0 unspecified atom stereocenters. The molecule has 29 heavy (non-hydrogen) atoms. The fraction of sp³-hybridized carbons (Fsp3) is 0.800. The molecule has 0 saturated carbocycles. The van der Waals surface area contributed by atoms with Crippen LogP contribution in [0.25, 0.3) is 0 Å². The van der Waals surface area contributed by atoms with Gasteiger partial charge in [0.1, 0.15) is 5.60 Å². The van der Waals surface area contributed by atoms with Gasteiger partial charge >= 0.3 is 6.09 Å². The number of nitrogens with zero attached hydrogens (tertiary/aromatic N) is 2. The molecule has 0 spiro atoms. The summed E-state index contributed by atoms with van der Waals surface area (Å²) >= 11 is 0. The maximum absolute atomic E-state index is 12.1. The number of hydrogen-bond donors (Lipinski definition) is 1. The normalized spacial score (nSPS) is 18.3. The molecule has 2 aliphatic heterocycles. The minimum Gasteiger partial charge on any atom is -0.444 e. The van der Waals surface area contributed by atoms with Crippen molar-refractivity contribution >= 4 is 23.8 Å². The SMILES string of the molecule is CC(C)(C)OC(=O)N1CCC(CC(=O)NCCOCCN2C(=O)CCC2=O)CC1. The highest BCUT2D eigenvalue weighted by Crippen LogP contribution is 2.22. The first kappa shape index (κ1) is 23.1. The topological polar surface area (TPSA) is 105 Å². The highest BCUT2D eigenvalue weighted by molar-refractivity contribution is 6.01. The summed E-state index contributed by atoms with van der Waals surface area (Å²) in [4.78, 5) is 50.0. The fourth-order valence-electron chi connectivity index (χ4n) is 3.37. The molecule has 2 rings (SSSR count). The van der Waals surface area contributed by atoms with Gasteiger partial charge in [0, 0.05) is 38.9 Å². The quantitative estimate of drug-likeness (QED) is 0.477. The Bertz CT molecular complexity index is 592. The lowest BCUT2D eigenvalue weighted by molar-refractivity contribution is -0.139. The van der Waals surface area contributed by atoms with E-state index in [0.717, 1.165) is 12.8 Å². The number of imide groups is 1. The largest absolute Gasteiger partial charge is 0.444 e. The summed E-state index contributed by atoms with van der Waals surface area (Å²) in [5, 5.41) is 2.82. The number of nitrogens with one attached hydrogen (secondary N) is 1. The Balaban J connectivity index is 1.52. The molecule has 0 aromatic rings. The van der Waals surface area contributed by atoms with E-state index in [1.165, 1.54) is 4.90 Å². The number of amides is 4. The molecule has 164 valence electrons. The summed E-state index contributed by atoms with van der Waals surface area (Å²) in [7, 11) is 0. The van der Waals surface area contributed by atoms with Gasteiger partial charge in [-0.1, -0.05) is 0 Å². The minimum atomic E-state index is -0.505. The molecule has 9 heteroatoms. The molecule has 9 nitrogen and oxygen atoms in total. The molecule has 4 amide bonds. The number of carbonyl (C=O) groups is 4. The third-order valence-electron chi connectivity index (χ3n) is 4.92. The molecule has 0 aromatic heterocycles. The molecule has 0 aliphatic carbocycles. The molecule has 0 aromatic carbocycles. The van der Waals surface area contributed by atoms with Crippen molar-refractivity contribution in [1.29, 1.82) is 0 Å². The number of likely N-dealkylation sites (tertiary alicyclic amines) is 2. The summed E-state index contributed by atoms with van der Waals surface area (Å²) in [6, 6.07) is 0. The second-order valence-electron chi connectivity index (χ2n) is 8.52. The van der Waals surface area contributed by atoms with Crippen LogP contribution in [0.1, 0.15) is 52.9 Å². The van der Waals surface area contributed by atoms with Crippen LogP contribution in [-0.4, -0.2) is 78.6 Å². The first-order chi connectivity index (χ1) is 13.7. The molecule has 0 radical (unpaired) electrons. The third-order valence-corrected chi connectivity index (χ3v) is 4.92. The van der Waals surface area contributed by atoms with Crippen LogP contribution < -0.4 is 5.32 Å². The van der Waals surface area contributed by atoms with Crippen molar-refractivity contribution in [3.05, 3.63) is 0 Å². The van der Waals surface area contributed by atoms with Crippen LogP contribution in [0.4, 0.5) is 4.79 Å². The first-order valence-electron chi connectivity index (χ1n) is 10.3. The average Bonchev–Trinajstić information content (AvgIpc) is 2.95. The third kappa shape index (κ3) is 8.00. The highest BCUT2D eigenvalue weighted by Gasteiger charge is 2.29. The number of carbonyl (C=O) groups excluding carboxylic acids is 4. The van der Waals surface area contributed by atoms with E-state index in [4.69, 9.17) is 9.47 Å². The van der Waals surface area contributed by atoms with Crippen molar-refractivity contribution in [2.45, 2.75) is 58.5 Å². The number of rotatable bonds is 8. The first-order valence-corrected chi connectivity index (χ1v) is 10.3. The standard InChI is InChI=1S/C20H33N3O6/c1-20(2,3)29-19(27)22-9-6-15(7-10-22)14-16(24)21-8-12-28-13-11-23-17(25)4-5-18(23)26/h15H,4-14H2,1-3H3,(H,21,24). The van der Waals surface area contributed by atoms with Crippen molar-refractivity contribution < 1.29 is 28.7 Å². The van der Waals surface area contributed by atoms with Gasteiger partial charge in [-0.2, -0.15) is 0 Å². The van der Waals surface area contributed by atoms with E-state index in [0.29, 0.717) is 32.7 Å². The van der Waals surface area contributed by atoms with E-state index in [9.17, 15) is 19.2 Å². The van der Waals surface area contributed by atoms with Crippen molar-refractivity contribution in [1.82, 2.24) is 15.1 Å². The van der Waals surface area contributed by atoms with E-state index < -0.39 is 5.60 Å². The van der Waals surface area contributed by atoms with Gasteiger partial charge in [-0.05, 0) is 39.5 Å². The molecular weight excluding hydrogens is 378 g/mol. The van der Waals surface area contributed by atoms with Crippen molar-refractivity contribution in [3.63, 3.8) is 0 Å². The van der Waals surface area contributed by atoms with Crippen LogP contribution in [0.5, 0.6) is 0 Å². The van der Waals surface area contributed by atoms with Crippen LogP contribution in [0.2, 0.25) is 0 Å². The van der Waals surface area contributed by atoms with Gasteiger partial charge in [0.2, 0.25) is 17.7 Å². The number of ether oxygens (including phenoxy) is 2. The van der Waals surface area contributed by atoms with Gasteiger partial charge in [0.15, 0.2) is 0 Å². The van der Waals surface area contributed by atoms with Crippen LogP contribution in [0.15, 0.2) is 0 Å². The lowest BCUT2D eigenvalue weighted by Crippen LogP contribution is -2.42. The minimum absolute atomic E-state index is 0.0331. The maximum atomic E-state index is 12.1. The second-order valence-corrected chi connectivity index (χ2v) is 8.52. The van der Waals surface area contributed by atoms with E-state index in [2.05, 4.69) is 5.32 Å². The van der Waals surface area contributed by atoms with Gasteiger partial charge < -0.3 is 19.7 Å². The average molecular weight is 411 g/mol. The van der Waals surface area contributed by atoms with E-state index in [1.54, 1.807) is 4.90 Å². The van der Waals surface area contributed by atoms with Gasteiger partial charge in [-0.25, -0.2) is 4.79 Å². The van der Waals surface area contributed by atoms with Crippen molar-refractivity contribution in [2.75, 3.05) is 39.4 Å². The lowest BCUT2D eigenvalue weighted by Gasteiger charge is -2.33. The molecular formula is C20H33N3O6. The Morgan fingerprint density at radius 1 is 1.07 bits per heavy atom. The fourth-order valence-corrected chi connectivity index (χ4v) is 3.37. The molecule has 0 atom stereocenters. The summed E-state index contributed by atoms with van der Waals surface area (Å²) in [6.07, 6.45) is 2.26. The maximum Gasteiger partial charge on any atom is 0.410 e. The summed E-state index contributed by atoms with van der Waals surface area (Å²) in [5.74, 6) is -0.0785. The van der Waals surface area contributed by atoms with Crippen molar-refractivity contribution in [3.8, 4) is 0 Å². The second kappa shape index (κ2) is 10.6. The molecule has 1 N–H and O–H groups in total. The van der Waals surface area contributed by atoms with Gasteiger partial charge in [-0.3, -0.25) is 19.3 Å². The Hall–Kier alpha value is -2.16. The zero-order chi connectivity index (χ0) is 21.4. The Morgan fingerprint density at radius 2 is 1.69 bits per heavy atom. The smallest absolute Gasteiger partial charge is 0.410 e. The highest BCUT2D eigenvalue weighted by atomic mass is 16.6. The zero-order valence-electron chi connectivity index (χ0n) is 17.7. The predicted molar refractivity (Wildman–Crippen MR) is 105 cm³/mol. The Labute approximate surface area is 172 Å². The summed E-state index contributed by atoms with van der Waals surface area (Å²) < 4.78 is 10.8. The molecule has 2 saturated heterocycles. The van der Waals surface area contributed by atoms with Gasteiger partial charge in [-0.15, -0.1) is 0 Å². The van der Waals surface area contributed by atoms with Gasteiger partial charge in [0.05, 0.1) is 19.8 Å². The van der Waals surface area contributed by atoms with Crippen LogP contribution in [0, 0.1) is 5.92 Å². The zero-order valence-corrected chi connectivity index (χ0v) is 17.7. The van der Waals surface area contributed by atoms with Crippen LogP contribution >= 0.6 is 0 Å². The Kier molecular flexibility index (Phi) is 8.43. The molecule has 2 heterocycles. The monoisotopic (exact) mass is 411 g/mol. The van der Waals surface area contributed by atoms with Gasteiger partial charge in [0.25, 0.3) is 0 Å². The number of hydrogen-bond acceptors (Lipinski definition) is 6. The van der Waals surface area contributed by atoms with Crippen LogP contribution in [-0.2, 0) is 23.9 Å². The molecule has 2 fully saturated rings. The van der Waals surface area contributed by atoms with Crippen molar-refractivity contribution in [2.24, 2.45) is 5.92 Å². The predicted octanol–water partition coefficient (Wildman–Crippen LogP) is 1.31. The number of piperidine rings is 1. The van der Waals surface area contributed by atoms with E-state index in [-0.39, 0.29) is 55.7 Å². The summed E-state index contributed by atoms with van der Waals surface area (Å²) in [5.41, 5.74) is -0.505. The molecule has 2 aliphatic rings. The van der Waals surface area contributed by atoms with E-state index in [1.807, 2.05) is 20.8 Å². The van der Waals surface area contributed by atoms with Crippen LogP contribution in [0.3, 0.4) is 0 Å². The molecule has 0 bridgehead atoms. The Morgan fingerprint density at radius 3 is 2.28 bits per heavy atom.